The fourth-order valence-electron chi connectivity index (χ4n) is 4.75. The van der Waals surface area contributed by atoms with E-state index in [1.165, 1.54) is 28.0 Å². The number of thioether (sulfide) groups is 1. The van der Waals surface area contributed by atoms with Crippen molar-refractivity contribution in [3.63, 3.8) is 0 Å². The number of nitrogens with zero attached hydrogens (tertiary/aromatic N) is 2. The van der Waals surface area contributed by atoms with Gasteiger partial charge in [0.2, 0.25) is 0 Å². The lowest BCUT2D eigenvalue weighted by Gasteiger charge is -2.36. The quantitative estimate of drug-likeness (QED) is 0.314. The fraction of sp³-hybridized carbons (Fsp3) is 0.107. The lowest BCUT2D eigenvalue weighted by molar-refractivity contribution is 0.476. The zero-order chi connectivity index (χ0) is 23.2. The molecule has 34 heavy (non-hydrogen) atoms. The molecule has 2 heterocycles. The summed E-state index contributed by atoms with van der Waals surface area (Å²) in [5.74, 6) is 0. The third kappa shape index (κ3) is 4.07. The molecule has 3 aliphatic rings. The molecule has 2 nitrogen and oxygen atoms in total. The summed E-state index contributed by atoms with van der Waals surface area (Å²) in [5.41, 5.74) is 8.49. The SMILES string of the molecule is Clc1ccc(/C=C2\CCC3=C2N=C2SC=C(c4ccc(Br)cc4)N2C3c2ccc(Cl)cc2)cc1. The van der Waals surface area contributed by atoms with Crippen molar-refractivity contribution in [3.05, 3.63) is 126 Å². The first-order valence-corrected chi connectivity index (χ1v) is 13.5. The number of halogens is 3. The minimum Gasteiger partial charge on any atom is -0.308 e. The number of hydrogen-bond donors (Lipinski definition) is 0. The Hall–Kier alpha value is -2.24. The van der Waals surface area contributed by atoms with Crippen molar-refractivity contribution in [2.75, 3.05) is 0 Å². The molecule has 1 atom stereocenters. The summed E-state index contributed by atoms with van der Waals surface area (Å²) in [7, 11) is 0. The maximum absolute atomic E-state index is 6.25. The van der Waals surface area contributed by atoms with Crippen LogP contribution in [0.4, 0.5) is 0 Å². The lowest BCUT2D eigenvalue weighted by atomic mass is 9.93. The number of fused-ring (bicyclic) bond motifs is 1. The highest BCUT2D eigenvalue weighted by atomic mass is 79.9. The second kappa shape index (κ2) is 9.09. The van der Waals surface area contributed by atoms with E-state index in [2.05, 4.69) is 80.8 Å². The molecule has 0 aromatic heterocycles. The third-order valence-corrected chi connectivity index (χ3v) is 8.22. The molecule has 0 spiro atoms. The normalized spacial score (nSPS) is 20.4. The first-order chi connectivity index (χ1) is 16.6. The van der Waals surface area contributed by atoms with Crippen LogP contribution in [0.3, 0.4) is 0 Å². The smallest absolute Gasteiger partial charge is 0.174 e. The number of rotatable bonds is 3. The summed E-state index contributed by atoms with van der Waals surface area (Å²) in [5, 5.41) is 4.73. The van der Waals surface area contributed by atoms with E-state index in [1.54, 1.807) is 11.8 Å². The van der Waals surface area contributed by atoms with Crippen LogP contribution in [0.2, 0.25) is 10.0 Å². The van der Waals surface area contributed by atoms with E-state index < -0.39 is 0 Å². The Kier molecular flexibility index (Phi) is 5.94. The third-order valence-electron chi connectivity index (χ3n) is 6.35. The van der Waals surface area contributed by atoms with Crippen molar-refractivity contribution in [2.24, 2.45) is 4.99 Å². The molecule has 0 saturated carbocycles. The van der Waals surface area contributed by atoms with Crippen LogP contribution in [-0.2, 0) is 0 Å². The summed E-state index contributed by atoms with van der Waals surface area (Å²) in [6.07, 6.45) is 4.21. The van der Waals surface area contributed by atoms with Gasteiger partial charge in [-0.15, -0.1) is 0 Å². The van der Waals surface area contributed by atoms with E-state index in [0.29, 0.717) is 0 Å². The second-order valence-electron chi connectivity index (χ2n) is 8.44. The van der Waals surface area contributed by atoms with Gasteiger partial charge >= 0.3 is 0 Å². The molecule has 0 N–H and O–H groups in total. The predicted molar refractivity (Wildman–Crippen MR) is 149 cm³/mol. The predicted octanol–water partition coefficient (Wildman–Crippen LogP) is 9.35. The summed E-state index contributed by atoms with van der Waals surface area (Å²) < 4.78 is 1.07. The number of aliphatic imine (C=N–C) groups is 1. The van der Waals surface area contributed by atoms with Crippen molar-refractivity contribution in [1.82, 2.24) is 4.90 Å². The van der Waals surface area contributed by atoms with Crippen LogP contribution in [0.25, 0.3) is 11.8 Å². The average Bonchev–Trinajstić information content (AvgIpc) is 3.45. The van der Waals surface area contributed by atoms with Crippen LogP contribution in [0.15, 0.2) is 105 Å². The highest BCUT2D eigenvalue weighted by Gasteiger charge is 2.41. The van der Waals surface area contributed by atoms with E-state index in [-0.39, 0.29) is 6.04 Å². The number of amidine groups is 1. The largest absolute Gasteiger partial charge is 0.308 e. The van der Waals surface area contributed by atoms with Gasteiger partial charge in [0.05, 0.1) is 17.4 Å². The molecule has 2 aliphatic heterocycles. The average molecular weight is 566 g/mol. The summed E-state index contributed by atoms with van der Waals surface area (Å²) in [6.45, 7) is 0. The van der Waals surface area contributed by atoms with Crippen LogP contribution < -0.4 is 0 Å². The summed E-state index contributed by atoms with van der Waals surface area (Å²) in [6, 6.07) is 24.8. The lowest BCUT2D eigenvalue weighted by Crippen LogP contribution is -2.32. The molecule has 3 aromatic carbocycles. The molecule has 0 amide bonds. The van der Waals surface area contributed by atoms with E-state index in [0.717, 1.165) is 43.8 Å². The molecule has 3 aromatic rings. The molecule has 6 heteroatoms. The van der Waals surface area contributed by atoms with Gasteiger partial charge in [-0.2, -0.15) is 0 Å². The minimum atomic E-state index is 0.0841. The monoisotopic (exact) mass is 564 g/mol. The molecule has 0 radical (unpaired) electrons. The Morgan fingerprint density at radius 2 is 1.56 bits per heavy atom. The van der Waals surface area contributed by atoms with Crippen molar-refractivity contribution in [2.45, 2.75) is 18.9 Å². The summed E-state index contributed by atoms with van der Waals surface area (Å²) in [4.78, 5) is 7.58. The Bertz CT molecular complexity index is 1390. The van der Waals surface area contributed by atoms with Crippen molar-refractivity contribution < 1.29 is 0 Å². The molecule has 1 aliphatic carbocycles. The van der Waals surface area contributed by atoms with E-state index in [9.17, 15) is 0 Å². The molecule has 0 bridgehead atoms. The summed E-state index contributed by atoms with van der Waals surface area (Å²) >= 11 is 17.6. The number of benzene rings is 3. The van der Waals surface area contributed by atoms with Gasteiger partial charge in [0.1, 0.15) is 0 Å². The molecule has 6 rings (SSSR count). The molecule has 1 unspecified atom stereocenters. The van der Waals surface area contributed by atoms with E-state index in [4.69, 9.17) is 28.2 Å². The Labute approximate surface area is 221 Å². The van der Waals surface area contributed by atoms with Gasteiger partial charge in [-0.05, 0) is 83.2 Å². The standard InChI is InChI=1S/C28H19BrCl2N2S/c29-21-8-3-18(4-9-21)25-16-34-28-32-26-20(15-17-1-10-22(30)11-2-17)7-14-24(26)27(33(25)28)19-5-12-23(31)13-6-19/h1-6,8-13,15-16,27H,7,14H2/b20-15+. The molecular formula is C28H19BrCl2N2S. The van der Waals surface area contributed by atoms with Crippen LogP contribution in [0, 0.1) is 0 Å². The number of hydrogen-bond acceptors (Lipinski definition) is 3. The van der Waals surface area contributed by atoms with Gasteiger partial charge < -0.3 is 4.90 Å². The highest BCUT2D eigenvalue weighted by molar-refractivity contribution is 9.10. The van der Waals surface area contributed by atoms with Crippen LogP contribution in [0.1, 0.15) is 35.6 Å². The topological polar surface area (TPSA) is 15.6 Å². The van der Waals surface area contributed by atoms with Crippen molar-refractivity contribution in [1.29, 1.82) is 0 Å². The second-order valence-corrected chi connectivity index (χ2v) is 11.1. The zero-order valence-electron chi connectivity index (χ0n) is 18.0. The Balaban J connectivity index is 1.46. The Morgan fingerprint density at radius 3 is 2.26 bits per heavy atom. The van der Waals surface area contributed by atoms with Crippen LogP contribution in [0.5, 0.6) is 0 Å². The highest BCUT2D eigenvalue weighted by Crippen LogP contribution is 2.52. The van der Waals surface area contributed by atoms with Crippen LogP contribution >= 0.6 is 50.9 Å². The zero-order valence-corrected chi connectivity index (χ0v) is 21.9. The molecule has 0 saturated heterocycles. The minimum absolute atomic E-state index is 0.0841. The maximum Gasteiger partial charge on any atom is 0.174 e. The van der Waals surface area contributed by atoms with Gasteiger partial charge in [-0.25, -0.2) is 4.99 Å². The molecule has 168 valence electrons. The fourth-order valence-corrected chi connectivity index (χ4v) is 6.20. The van der Waals surface area contributed by atoms with Gasteiger partial charge in [0, 0.05) is 19.9 Å². The van der Waals surface area contributed by atoms with Crippen LogP contribution in [-0.4, -0.2) is 10.1 Å². The van der Waals surface area contributed by atoms with Crippen molar-refractivity contribution >= 4 is 67.8 Å². The first-order valence-electron chi connectivity index (χ1n) is 11.0. The van der Waals surface area contributed by atoms with Crippen molar-refractivity contribution in [3.8, 4) is 0 Å². The van der Waals surface area contributed by atoms with Gasteiger partial charge in [0.15, 0.2) is 5.17 Å². The maximum atomic E-state index is 6.25. The van der Waals surface area contributed by atoms with Gasteiger partial charge in [0.25, 0.3) is 0 Å². The molecule has 0 fully saturated rings. The molecular weight excluding hydrogens is 547 g/mol. The van der Waals surface area contributed by atoms with E-state index >= 15 is 0 Å². The van der Waals surface area contributed by atoms with Gasteiger partial charge in [-0.1, -0.05) is 87.3 Å². The van der Waals surface area contributed by atoms with Gasteiger partial charge in [-0.3, -0.25) is 0 Å². The van der Waals surface area contributed by atoms with E-state index in [1.807, 2.05) is 24.3 Å². The number of allylic oxidation sites excluding steroid dienone is 1. The Morgan fingerprint density at radius 1 is 0.882 bits per heavy atom. The first kappa shape index (κ1) is 22.2.